The molecule has 0 bridgehead atoms. The summed E-state index contributed by atoms with van der Waals surface area (Å²) in [6, 6.07) is 0. The van der Waals surface area contributed by atoms with Crippen molar-refractivity contribution >= 4 is 16.3 Å². The molecular weight excluding hydrogens is 186 g/mol. The molecule has 0 amide bonds. The van der Waals surface area contributed by atoms with Crippen LogP contribution in [0.15, 0.2) is 11.7 Å². The molecule has 0 saturated carbocycles. The Labute approximate surface area is 79.2 Å². The fraction of sp³-hybridized carbons (Fsp3) is 0.500. The second-order valence-electron chi connectivity index (χ2n) is 3.19. The van der Waals surface area contributed by atoms with Crippen molar-refractivity contribution in [3.05, 3.63) is 17.4 Å². The molecule has 3 heterocycles. The highest BCUT2D eigenvalue weighted by atomic mass is 32.1. The molecule has 68 valence electrons. The van der Waals surface area contributed by atoms with E-state index < -0.39 is 0 Å². The first kappa shape index (κ1) is 7.46. The molecule has 2 aromatic heterocycles. The normalized spacial score (nSPS) is 22.9. The smallest absolute Gasteiger partial charge is 0.212 e. The molecule has 1 fully saturated rings. The summed E-state index contributed by atoms with van der Waals surface area (Å²) in [4.78, 5) is 5.47. The Morgan fingerprint density at radius 3 is 3.38 bits per heavy atom. The summed E-state index contributed by atoms with van der Waals surface area (Å²) in [6.45, 7) is 1.67. The van der Waals surface area contributed by atoms with Crippen molar-refractivity contribution in [2.75, 3.05) is 13.2 Å². The van der Waals surface area contributed by atoms with Gasteiger partial charge in [0, 0.05) is 12.5 Å². The van der Waals surface area contributed by atoms with Gasteiger partial charge in [-0.3, -0.25) is 0 Å². The standard InChI is InChI=1S/C8H9N3OS/c1-2-12-4-6(1)7-3-11-8(10-7)13-5-9-11/h3,5-6H,1-2,4H2. The topological polar surface area (TPSA) is 39.4 Å². The average Bonchev–Trinajstić information content (AvgIpc) is 2.78. The van der Waals surface area contributed by atoms with E-state index in [4.69, 9.17) is 4.74 Å². The van der Waals surface area contributed by atoms with Crippen LogP contribution in [-0.4, -0.2) is 27.8 Å². The minimum atomic E-state index is 0.480. The molecule has 13 heavy (non-hydrogen) atoms. The molecule has 0 aromatic carbocycles. The zero-order valence-electron chi connectivity index (χ0n) is 7.01. The lowest BCUT2D eigenvalue weighted by Gasteiger charge is -1.99. The summed E-state index contributed by atoms with van der Waals surface area (Å²) in [5, 5.41) is 4.14. The van der Waals surface area contributed by atoms with E-state index in [-0.39, 0.29) is 0 Å². The monoisotopic (exact) mass is 195 g/mol. The Morgan fingerprint density at radius 1 is 1.62 bits per heavy atom. The lowest BCUT2D eigenvalue weighted by atomic mass is 10.1. The van der Waals surface area contributed by atoms with Gasteiger partial charge >= 0.3 is 0 Å². The third kappa shape index (κ3) is 1.15. The van der Waals surface area contributed by atoms with Crippen molar-refractivity contribution < 1.29 is 4.74 Å². The second-order valence-corrected chi connectivity index (χ2v) is 4.00. The molecule has 5 heteroatoms. The van der Waals surface area contributed by atoms with Crippen LogP contribution in [0.5, 0.6) is 0 Å². The van der Waals surface area contributed by atoms with Crippen molar-refractivity contribution in [2.24, 2.45) is 0 Å². The van der Waals surface area contributed by atoms with Crippen LogP contribution in [0.3, 0.4) is 0 Å². The summed E-state index contributed by atoms with van der Waals surface area (Å²) in [5.41, 5.74) is 2.92. The molecule has 0 spiro atoms. The van der Waals surface area contributed by atoms with Gasteiger partial charge in [0.05, 0.1) is 18.5 Å². The van der Waals surface area contributed by atoms with Crippen LogP contribution in [-0.2, 0) is 4.74 Å². The van der Waals surface area contributed by atoms with Gasteiger partial charge in [0.15, 0.2) is 0 Å². The van der Waals surface area contributed by atoms with E-state index in [9.17, 15) is 0 Å². The summed E-state index contributed by atoms with van der Waals surface area (Å²) in [7, 11) is 0. The molecule has 1 unspecified atom stereocenters. The molecule has 0 aliphatic carbocycles. The molecule has 4 nitrogen and oxygen atoms in total. The van der Waals surface area contributed by atoms with Gasteiger partial charge in [-0.2, -0.15) is 5.10 Å². The Kier molecular flexibility index (Phi) is 1.60. The lowest BCUT2D eigenvalue weighted by Crippen LogP contribution is -1.97. The SMILES string of the molecule is c1nn2cc(C3CCOC3)nc2s1. The van der Waals surface area contributed by atoms with Gasteiger partial charge in [0.1, 0.15) is 5.51 Å². The summed E-state index contributed by atoms with van der Waals surface area (Å²) >= 11 is 1.57. The lowest BCUT2D eigenvalue weighted by molar-refractivity contribution is 0.193. The number of hydrogen-bond acceptors (Lipinski definition) is 4. The van der Waals surface area contributed by atoms with Crippen LogP contribution in [0.1, 0.15) is 18.0 Å². The maximum Gasteiger partial charge on any atom is 0.212 e. The van der Waals surface area contributed by atoms with Crippen LogP contribution in [0.2, 0.25) is 0 Å². The molecule has 1 aliphatic rings. The molecule has 3 rings (SSSR count). The zero-order valence-corrected chi connectivity index (χ0v) is 7.83. The number of hydrogen-bond donors (Lipinski definition) is 0. The van der Waals surface area contributed by atoms with Crippen molar-refractivity contribution in [2.45, 2.75) is 12.3 Å². The van der Waals surface area contributed by atoms with Gasteiger partial charge < -0.3 is 4.74 Å². The molecule has 1 atom stereocenters. The summed E-state index contributed by atoms with van der Waals surface area (Å²) < 4.78 is 7.15. The quantitative estimate of drug-likeness (QED) is 0.688. The third-order valence-corrected chi connectivity index (χ3v) is 3.04. The van der Waals surface area contributed by atoms with Crippen LogP contribution >= 0.6 is 11.3 Å². The molecule has 2 aromatic rings. The highest BCUT2D eigenvalue weighted by Gasteiger charge is 2.20. The van der Waals surface area contributed by atoms with Crippen LogP contribution < -0.4 is 0 Å². The van der Waals surface area contributed by atoms with E-state index in [1.165, 1.54) is 0 Å². The van der Waals surface area contributed by atoms with E-state index in [0.29, 0.717) is 5.92 Å². The number of ether oxygens (including phenoxy) is 1. The Morgan fingerprint density at radius 2 is 2.62 bits per heavy atom. The van der Waals surface area contributed by atoms with E-state index in [0.717, 1.165) is 30.3 Å². The number of fused-ring (bicyclic) bond motifs is 1. The van der Waals surface area contributed by atoms with Gasteiger partial charge in [-0.05, 0) is 6.42 Å². The number of nitrogens with zero attached hydrogens (tertiary/aromatic N) is 3. The van der Waals surface area contributed by atoms with Crippen LogP contribution in [0.25, 0.3) is 4.96 Å². The molecular formula is C8H9N3OS. The van der Waals surface area contributed by atoms with Crippen molar-refractivity contribution in [3.63, 3.8) is 0 Å². The Balaban J connectivity index is 2.02. The second kappa shape index (κ2) is 2.78. The summed E-state index contributed by atoms with van der Waals surface area (Å²) in [5.74, 6) is 0.480. The number of aromatic nitrogens is 3. The zero-order chi connectivity index (χ0) is 8.67. The predicted octanol–water partition coefficient (Wildman–Crippen LogP) is 1.29. The first-order valence-corrected chi connectivity index (χ1v) is 5.18. The number of imidazole rings is 1. The van der Waals surface area contributed by atoms with Crippen molar-refractivity contribution in [3.8, 4) is 0 Å². The van der Waals surface area contributed by atoms with E-state index in [1.54, 1.807) is 16.8 Å². The van der Waals surface area contributed by atoms with Gasteiger partial charge in [-0.25, -0.2) is 9.50 Å². The Hall–Kier alpha value is -0.940. The highest BCUT2D eigenvalue weighted by Crippen LogP contribution is 2.24. The predicted molar refractivity (Wildman–Crippen MR) is 49.0 cm³/mol. The van der Waals surface area contributed by atoms with E-state index in [2.05, 4.69) is 10.1 Å². The Bertz CT molecular complexity index is 387. The highest BCUT2D eigenvalue weighted by molar-refractivity contribution is 7.14. The van der Waals surface area contributed by atoms with E-state index >= 15 is 0 Å². The van der Waals surface area contributed by atoms with Gasteiger partial charge in [-0.15, -0.1) is 0 Å². The fourth-order valence-corrected chi connectivity index (χ4v) is 2.23. The molecule has 0 N–H and O–H groups in total. The van der Waals surface area contributed by atoms with Gasteiger partial charge in [-0.1, -0.05) is 11.3 Å². The summed E-state index contributed by atoms with van der Waals surface area (Å²) in [6.07, 6.45) is 3.09. The minimum absolute atomic E-state index is 0.480. The van der Waals surface area contributed by atoms with Gasteiger partial charge in [0.25, 0.3) is 0 Å². The third-order valence-electron chi connectivity index (χ3n) is 2.35. The van der Waals surface area contributed by atoms with Crippen molar-refractivity contribution in [1.29, 1.82) is 0 Å². The molecule has 1 aliphatic heterocycles. The molecule has 0 radical (unpaired) electrons. The largest absolute Gasteiger partial charge is 0.381 e. The maximum atomic E-state index is 5.32. The van der Waals surface area contributed by atoms with E-state index in [1.807, 2.05) is 10.7 Å². The van der Waals surface area contributed by atoms with Crippen LogP contribution in [0.4, 0.5) is 0 Å². The number of rotatable bonds is 1. The fourth-order valence-electron chi connectivity index (χ4n) is 1.62. The first-order valence-electron chi connectivity index (χ1n) is 4.30. The first-order chi connectivity index (χ1) is 6.43. The van der Waals surface area contributed by atoms with Crippen LogP contribution in [0, 0.1) is 0 Å². The average molecular weight is 195 g/mol. The maximum absolute atomic E-state index is 5.32. The molecule has 1 saturated heterocycles. The van der Waals surface area contributed by atoms with Crippen molar-refractivity contribution in [1.82, 2.24) is 14.6 Å². The minimum Gasteiger partial charge on any atom is -0.381 e. The van der Waals surface area contributed by atoms with Gasteiger partial charge in [0.2, 0.25) is 4.96 Å².